The third kappa shape index (κ3) is 3.71. The van der Waals surface area contributed by atoms with Crippen molar-refractivity contribution in [1.29, 1.82) is 0 Å². The second-order valence-corrected chi connectivity index (χ2v) is 8.79. The summed E-state index contributed by atoms with van der Waals surface area (Å²) in [4.78, 5) is 17.0. The van der Waals surface area contributed by atoms with Gasteiger partial charge in [0.05, 0.1) is 10.5 Å². The summed E-state index contributed by atoms with van der Waals surface area (Å²) >= 11 is 0. The first-order valence-electron chi connectivity index (χ1n) is 9.47. The number of nitrogens with one attached hydrogen (secondary N) is 1. The van der Waals surface area contributed by atoms with Gasteiger partial charge in [0.15, 0.2) is 0 Å². The molecule has 0 aliphatic heterocycles. The Bertz CT molecular complexity index is 1340. The average Bonchev–Trinajstić information content (AvgIpc) is 3.02. The Morgan fingerprint density at radius 3 is 2.57 bits per heavy atom. The van der Waals surface area contributed by atoms with Gasteiger partial charge in [-0.15, -0.1) is 0 Å². The molecule has 0 saturated carbocycles. The summed E-state index contributed by atoms with van der Waals surface area (Å²) in [6.07, 6.45) is 3.12. The Balaban J connectivity index is 1.65. The standard InChI is InChI=1S/C23H21N3O3S/c1-16-13-21(17(2)26(16)15-18-7-4-3-5-8-18)23(27)25-30(28,29)22-10-6-9-19-14-24-12-11-20(19)22/h3-14H,15H2,1-2H3,(H,25,27). The fourth-order valence-corrected chi connectivity index (χ4v) is 4.80. The van der Waals surface area contributed by atoms with Gasteiger partial charge in [0.1, 0.15) is 0 Å². The zero-order chi connectivity index (χ0) is 21.3. The van der Waals surface area contributed by atoms with Crippen LogP contribution in [0.2, 0.25) is 0 Å². The van der Waals surface area contributed by atoms with E-state index >= 15 is 0 Å². The molecule has 2 aromatic heterocycles. The Morgan fingerprint density at radius 1 is 1.03 bits per heavy atom. The van der Waals surface area contributed by atoms with Crippen LogP contribution in [0.15, 0.2) is 78.0 Å². The van der Waals surface area contributed by atoms with Crippen LogP contribution in [0.4, 0.5) is 0 Å². The zero-order valence-electron chi connectivity index (χ0n) is 16.7. The Labute approximate surface area is 175 Å². The van der Waals surface area contributed by atoms with Crippen LogP contribution in [0.1, 0.15) is 27.3 Å². The minimum atomic E-state index is -4.05. The molecule has 0 spiro atoms. The molecular formula is C23H21N3O3S. The summed E-state index contributed by atoms with van der Waals surface area (Å²) in [5.74, 6) is -0.645. The predicted octanol–water partition coefficient (Wildman–Crippen LogP) is 3.82. The van der Waals surface area contributed by atoms with E-state index in [4.69, 9.17) is 0 Å². The molecule has 0 bridgehead atoms. The fraction of sp³-hybridized carbons (Fsp3) is 0.130. The van der Waals surface area contributed by atoms with Gasteiger partial charge in [-0.3, -0.25) is 9.78 Å². The van der Waals surface area contributed by atoms with Crippen molar-refractivity contribution >= 4 is 26.7 Å². The maximum Gasteiger partial charge on any atom is 0.266 e. The number of carbonyl (C=O) groups is 1. The second-order valence-electron chi connectivity index (χ2n) is 7.14. The monoisotopic (exact) mass is 419 g/mol. The number of nitrogens with zero attached hydrogens (tertiary/aromatic N) is 2. The molecule has 30 heavy (non-hydrogen) atoms. The maximum atomic E-state index is 13.0. The van der Waals surface area contributed by atoms with Crippen LogP contribution in [0.3, 0.4) is 0 Å². The van der Waals surface area contributed by atoms with Crippen LogP contribution in [-0.2, 0) is 16.6 Å². The molecule has 0 saturated heterocycles. The van der Waals surface area contributed by atoms with E-state index in [-0.39, 0.29) is 4.90 Å². The highest BCUT2D eigenvalue weighted by Gasteiger charge is 2.24. The number of fused-ring (bicyclic) bond motifs is 1. The van der Waals surface area contributed by atoms with Crippen molar-refractivity contribution in [3.05, 3.63) is 95.6 Å². The van der Waals surface area contributed by atoms with E-state index in [0.717, 1.165) is 11.3 Å². The molecular weight excluding hydrogens is 398 g/mol. The molecule has 1 amide bonds. The lowest BCUT2D eigenvalue weighted by Crippen LogP contribution is -2.31. The molecule has 0 fully saturated rings. The number of hydrogen-bond acceptors (Lipinski definition) is 4. The summed E-state index contributed by atoms with van der Waals surface area (Å²) in [6.45, 7) is 4.33. The van der Waals surface area contributed by atoms with Crippen LogP contribution in [-0.4, -0.2) is 23.9 Å². The van der Waals surface area contributed by atoms with Gasteiger partial charge < -0.3 is 4.57 Å². The fourth-order valence-electron chi connectivity index (χ4n) is 3.60. The van der Waals surface area contributed by atoms with Crippen LogP contribution in [0, 0.1) is 13.8 Å². The third-order valence-corrected chi connectivity index (χ3v) is 6.55. The summed E-state index contributed by atoms with van der Waals surface area (Å²) in [6, 6.07) is 18.1. The third-order valence-electron chi connectivity index (χ3n) is 5.16. The highest BCUT2D eigenvalue weighted by molar-refractivity contribution is 7.90. The smallest absolute Gasteiger partial charge is 0.266 e. The van der Waals surface area contributed by atoms with Gasteiger partial charge in [0, 0.05) is 41.1 Å². The van der Waals surface area contributed by atoms with Crippen molar-refractivity contribution in [3.63, 3.8) is 0 Å². The first kappa shape index (κ1) is 19.8. The molecule has 1 N–H and O–H groups in total. The first-order valence-corrected chi connectivity index (χ1v) is 11.0. The van der Waals surface area contributed by atoms with E-state index in [1.165, 1.54) is 12.3 Å². The van der Waals surface area contributed by atoms with Gasteiger partial charge in [-0.05, 0) is 37.6 Å². The van der Waals surface area contributed by atoms with Gasteiger partial charge in [0.2, 0.25) is 0 Å². The number of benzene rings is 2. The molecule has 152 valence electrons. The van der Waals surface area contributed by atoms with Crippen molar-refractivity contribution in [3.8, 4) is 0 Å². The molecule has 0 atom stereocenters. The normalized spacial score (nSPS) is 11.5. The average molecular weight is 420 g/mol. The van der Waals surface area contributed by atoms with Gasteiger partial charge in [-0.25, -0.2) is 13.1 Å². The zero-order valence-corrected chi connectivity index (χ0v) is 17.5. The van der Waals surface area contributed by atoms with Crippen LogP contribution >= 0.6 is 0 Å². The minimum Gasteiger partial charge on any atom is -0.344 e. The van der Waals surface area contributed by atoms with Crippen LogP contribution < -0.4 is 4.72 Å². The van der Waals surface area contributed by atoms with Gasteiger partial charge in [-0.1, -0.05) is 42.5 Å². The van der Waals surface area contributed by atoms with Crippen LogP contribution in [0.5, 0.6) is 0 Å². The number of aromatic nitrogens is 2. The molecule has 4 rings (SSSR count). The molecule has 7 heteroatoms. The first-order chi connectivity index (χ1) is 14.4. The SMILES string of the molecule is Cc1cc(C(=O)NS(=O)(=O)c2cccc3cnccc23)c(C)n1Cc1ccccc1. The lowest BCUT2D eigenvalue weighted by molar-refractivity contribution is 0.0980. The molecule has 0 aliphatic rings. The van der Waals surface area contributed by atoms with E-state index in [9.17, 15) is 13.2 Å². The Morgan fingerprint density at radius 2 is 1.80 bits per heavy atom. The van der Waals surface area contributed by atoms with Crippen molar-refractivity contribution in [1.82, 2.24) is 14.3 Å². The minimum absolute atomic E-state index is 0.0499. The highest BCUT2D eigenvalue weighted by Crippen LogP contribution is 2.23. The predicted molar refractivity (Wildman–Crippen MR) is 116 cm³/mol. The van der Waals surface area contributed by atoms with Crippen molar-refractivity contribution in [2.24, 2.45) is 0 Å². The quantitative estimate of drug-likeness (QED) is 0.533. The number of carbonyl (C=O) groups excluding carboxylic acids is 1. The van der Waals surface area contributed by atoms with Crippen LogP contribution in [0.25, 0.3) is 10.8 Å². The van der Waals surface area contributed by atoms with E-state index in [0.29, 0.717) is 28.6 Å². The molecule has 0 radical (unpaired) electrons. The Kier molecular flexibility index (Phi) is 5.13. The molecule has 2 aromatic carbocycles. The summed E-state index contributed by atoms with van der Waals surface area (Å²) in [5, 5.41) is 1.20. The summed E-state index contributed by atoms with van der Waals surface area (Å²) in [5.41, 5.74) is 3.04. The lowest BCUT2D eigenvalue weighted by Gasteiger charge is -2.11. The van der Waals surface area contributed by atoms with Crippen molar-refractivity contribution < 1.29 is 13.2 Å². The Hall–Kier alpha value is -3.45. The van der Waals surface area contributed by atoms with Crippen molar-refractivity contribution in [2.45, 2.75) is 25.3 Å². The van der Waals surface area contributed by atoms with E-state index in [1.54, 1.807) is 30.5 Å². The second kappa shape index (κ2) is 7.76. The number of sulfonamides is 1. The van der Waals surface area contributed by atoms with Crippen molar-refractivity contribution in [2.75, 3.05) is 0 Å². The largest absolute Gasteiger partial charge is 0.344 e. The number of aryl methyl sites for hydroxylation is 1. The molecule has 2 heterocycles. The summed E-state index contributed by atoms with van der Waals surface area (Å²) < 4.78 is 30.2. The van der Waals surface area contributed by atoms with Gasteiger partial charge >= 0.3 is 0 Å². The topological polar surface area (TPSA) is 81.1 Å². The number of pyridine rings is 1. The van der Waals surface area contributed by atoms with E-state index in [2.05, 4.69) is 9.71 Å². The molecule has 0 aliphatic carbocycles. The summed E-state index contributed by atoms with van der Waals surface area (Å²) in [7, 11) is -4.05. The van der Waals surface area contributed by atoms with E-state index in [1.807, 2.05) is 48.7 Å². The van der Waals surface area contributed by atoms with Gasteiger partial charge in [0.25, 0.3) is 15.9 Å². The lowest BCUT2D eigenvalue weighted by atomic mass is 10.2. The van der Waals surface area contributed by atoms with E-state index < -0.39 is 15.9 Å². The molecule has 4 aromatic rings. The molecule has 0 unspecified atom stereocenters. The number of amides is 1. The highest BCUT2D eigenvalue weighted by atomic mass is 32.2. The van der Waals surface area contributed by atoms with Gasteiger partial charge in [-0.2, -0.15) is 0 Å². The maximum absolute atomic E-state index is 13.0. The number of hydrogen-bond donors (Lipinski definition) is 1. The number of rotatable bonds is 5. The molecule has 6 nitrogen and oxygen atoms in total.